The highest BCUT2D eigenvalue weighted by Crippen LogP contribution is 2.47. The Hall–Kier alpha value is -5.58. The third-order valence-corrected chi connectivity index (χ3v) is 14.4. The summed E-state index contributed by atoms with van der Waals surface area (Å²) in [5.74, 6) is 3.24. The predicted molar refractivity (Wildman–Crippen MR) is 252 cm³/mol. The largest absolute Gasteiger partial charge is 0.508 e. The third kappa shape index (κ3) is 8.47. The molecule has 0 radical (unpaired) electrons. The Bertz CT molecular complexity index is 2670. The molecule has 0 bridgehead atoms. The van der Waals surface area contributed by atoms with Crippen LogP contribution in [0.3, 0.4) is 0 Å². The number of hydrogen-bond donors (Lipinski definition) is 3. The van der Waals surface area contributed by atoms with Crippen molar-refractivity contribution in [3.63, 3.8) is 0 Å². The van der Waals surface area contributed by atoms with E-state index < -0.39 is 0 Å². The molecule has 4 aromatic carbocycles. The maximum Gasteiger partial charge on any atom is 0.233 e. The molecule has 2 amide bonds. The van der Waals surface area contributed by atoms with Crippen LogP contribution in [0, 0.1) is 13.8 Å². The van der Waals surface area contributed by atoms with Gasteiger partial charge < -0.3 is 30.3 Å². The van der Waals surface area contributed by atoms with Crippen LogP contribution in [-0.4, -0.2) is 82.1 Å². The number of aromatic nitrogens is 2. The zero-order valence-electron chi connectivity index (χ0n) is 36.1. The molecular weight excluding hydrogens is 832 g/mol. The van der Waals surface area contributed by atoms with Crippen LogP contribution < -0.4 is 15.4 Å². The molecule has 2 aromatic heterocycles. The van der Waals surface area contributed by atoms with Gasteiger partial charge in [-0.2, -0.15) is 0 Å². The number of fused-ring (bicyclic) bond motifs is 2. The molecule has 2 saturated heterocycles. The van der Waals surface area contributed by atoms with Crippen LogP contribution in [0.1, 0.15) is 73.6 Å². The van der Waals surface area contributed by atoms with Crippen molar-refractivity contribution in [2.24, 2.45) is 0 Å². The molecule has 10 rings (SSSR count). The second-order valence-corrected chi connectivity index (χ2v) is 18.8. The lowest BCUT2D eigenvalue weighted by molar-refractivity contribution is -0.140. The highest BCUT2D eigenvalue weighted by Gasteiger charge is 2.50. The Morgan fingerprint density at radius 3 is 1.52 bits per heavy atom. The number of amides is 2. The van der Waals surface area contributed by atoms with Crippen molar-refractivity contribution in [2.45, 2.75) is 88.1 Å². The lowest BCUT2D eigenvalue weighted by Gasteiger charge is -2.43. The molecule has 12 heteroatoms. The van der Waals surface area contributed by atoms with Crippen LogP contribution in [0.5, 0.6) is 11.5 Å². The first-order chi connectivity index (χ1) is 30.4. The van der Waals surface area contributed by atoms with Gasteiger partial charge in [0, 0.05) is 59.1 Å². The minimum Gasteiger partial charge on any atom is -0.508 e. The highest BCUT2D eigenvalue weighted by atomic mass is 35.5. The summed E-state index contributed by atoms with van der Waals surface area (Å²) in [4.78, 5) is 40.6. The Labute approximate surface area is 379 Å². The van der Waals surface area contributed by atoms with Crippen molar-refractivity contribution in [2.75, 3.05) is 43.9 Å². The first-order valence-corrected chi connectivity index (χ1v) is 22.9. The molecule has 2 aliphatic carbocycles. The monoisotopic (exact) mass is 884 g/mol. The zero-order valence-corrected chi connectivity index (χ0v) is 37.6. The fraction of sp³-hybridized carbons (Fsp3) is 0.373. The smallest absolute Gasteiger partial charge is 0.233 e. The summed E-state index contributed by atoms with van der Waals surface area (Å²) in [7, 11) is 1.67. The summed E-state index contributed by atoms with van der Waals surface area (Å²) >= 11 is 12.1. The van der Waals surface area contributed by atoms with E-state index in [1.165, 1.54) is 0 Å². The van der Waals surface area contributed by atoms with Crippen molar-refractivity contribution in [1.29, 1.82) is 0 Å². The zero-order chi connectivity index (χ0) is 43.9. The molecular formula is C51H54Cl2N6O4. The second-order valence-electron chi connectivity index (χ2n) is 17.9. The number of likely N-dealkylation sites (tertiary alicyclic amines) is 2. The number of rotatable bonds is 9. The van der Waals surface area contributed by atoms with E-state index in [9.17, 15) is 14.7 Å². The average Bonchev–Trinajstić information content (AvgIpc) is 3.92. The molecule has 0 unspecified atom stereocenters. The minimum absolute atomic E-state index is 0.174. The number of halogens is 2. The summed E-state index contributed by atoms with van der Waals surface area (Å²) in [5.41, 5.74) is 5.41. The van der Waals surface area contributed by atoms with E-state index in [1.807, 2.05) is 95.6 Å². The fourth-order valence-electron chi connectivity index (χ4n) is 10.0. The number of pyridine rings is 2. The Morgan fingerprint density at radius 2 is 1.10 bits per heavy atom. The van der Waals surface area contributed by atoms with Crippen LogP contribution in [0.4, 0.5) is 11.6 Å². The van der Waals surface area contributed by atoms with E-state index in [4.69, 9.17) is 37.9 Å². The van der Waals surface area contributed by atoms with Crippen LogP contribution in [0.25, 0.3) is 21.8 Å². The van der Waals surface area contributed by atoms with E-state index in [2.05, 4.69) is 23.6 Å². The van der Waals surface area contributed by atoms with Crippen LogP contribution in [0.15, 0.2) is 97.1 Å². The Morgan fingerprint density at radius 1 is 0.651 bits per heavy atom. The number of nitrogens with zero attached hydrogens (tertiary/aromatic N) is 4. The van der Waals surface area contributed by atoms with Crippen molar-refractivity contribution >= 4 is 68.5 Å². The number of phenolic OH excluding ortho intramolecular Hbond substituents is 1. The van der Waals surface area contributed by atoms with Gasteiger partial charge in [0.2, 0.25) is 11.8 Å². The van der Waals surface area contributed by atoms with E-state index >= 15 is 0 Å². The number of methoxy groups -OCH3 is 1. The molecule has 326 valence electrons. The van der Waals surface area contributed by atoms with Gasteiger partial charge in [0.1, 0.15) is 23.1 Å². The number of nitrogens with one attached hydrogen (secondary N) is 2. The average molecular weight is 886 g/mol. The molecule has 4 fully saturated rings. The Balaban J connectivity index is 0.000000160. The molecule has 2 saturated carbocycles. The number of benzene rings is 4. The van der Waals surface area contributed by atoms with Gasteiger partial charge in [-0.1, -0.05) is 60.3 Å². The number of carbonyl (C=O) groups is 2. The van der Waals surface area contributed by atoms with Gasteiger partial charge >= 0.3 is 0 Å². The molecule has 2 atom stereocenters. The highest BCUT2D eigenvalue weighted by molar-refractivity contribution is 6.30. The van der Waals surface area contributed by atoms with Crippen molar-refractivity contribution in [1.82, 2.24) is 19.8 Å². The molecule has 3 N–H and O–H groups in total. The number of anilines is 2. The SMILES string of the molecule is COc1ccc2nc(N[C@H]3CCN(C(=O)C4(c5ccc(Cl)cc5)CCC4)C3)cc(C)c2c1.Cc1cc(N[C@H]2CCN(C(=O)C3(c4ccc(Cl)cc4)CCC3)C2)nc2ccc(O)cc12. The van der Waals surface area contributed by atoms with Crippen LogP contribution in [0.2, 0.25) is 10.0 Å². The lowest BCUT2D eigenvalue weighted by Crippen LogP contribution is -2.50. The van der Waals surface area contributed by atoms with Gasteiger partial charge in [-0.3, -0.25) is 9.59 Å². The normalized spacial score (nSPS) is 19.8. The molecule has 4 aliphatic rings. The molecule has 4 heterocycles. The summed E-state index contributed by atoms with van der Waals surface area (Å²) in [6, 6.07) is 31.2. The third-order valence-electron chi connectivity index (χ3n) is 13.9. The first kappa shape index (κ1) is 42.7. The van der Waals surface area contributed by atoms with E-state index in [-0.39, 0.29) is 40.5 Å². The standard InChI is InChI=1S/C26H28ClN3O2.C25H26ClN3O2/c1-17-14-24(29-23-9-8-21(32-2)15-22(17)23)28-20-10-13-30(16-20)25(31)26(11-3-12-26)18-4-6-19(27)7-5-18;1-16-13-23(28-22-8-7-20(30)14-21(16)22)27-19-9-12-29(15-19)24(31)25(10-2-11-25)17-3-5-18(26)6-4-17/h4-9,14-15,20H,3,10-13,16H2,1-2H3,(H,28,29);3-8,13-14,19,30H,2,9-12,15H2,1H3,(H,27,28)/t20-;19-/m00/s1. The van der Waals surface area contributed by atoms with E-state index in [1.54, 1.807) is 19.2 Å². The summed E-state index contributed by atoms with van der Waals surface area (Å²) in [5, 5.41) is 20.3. The maximum atomic E-state index is 13.6. The molecule has 10 nitrogen and oxygen atoms in total. The molecule has 63 heavy (non-hydrogen) atoms. The first-order valence-electron chi connectivity index (χ1n) is 22.1. The molecule has 0 spiro atoms. The number of phenols is 1. The van der Waals surface area contributed by atoms with Gasteiger partial charge in [0.25, 0.3) is 0 Å². The van der Waals surface area contributed by atoms with E-state index in [0.717, 1.165) is 126 Å². The van der Waals surface area contributed by atoms with Gasteiger partial charge in [-0.25, -0.2) is 9.97 Å². The summed E-state index contributed by atoms with van der Waals surface area (Å²) < 4.78 is 5.34. The number of carbonyl (C=O) groups excluding carboxylic acids is 2. The van der Waals surface area contributed by atoms with Gasteiger partial charge in [-0.15, -0.1) is 0 Å². The number of hydrogen-bond acceptors (Lipinski definition) is 8. The minimum atomic E-state index is -0.390. The number of ether oxygens (including phenoxy) is 1. The second kappa shape index (κ2) is 17.5. The van der Waals surface area contributed by atoms with Gasteiger partial charge in [0.05, 0.1) is 29.0 Å². The predicted octanol–water partition coefficient (Wildman–Crippen LogP) is 10.4. The van der Waals surface area contributed by atoms with Crippen molar-refractivity contribution < 1.29 is 19.4 Å². The fourth-order valence-corrected chi connectivity index (χ4v) is 10.3. The quantitative estimate of drug-likeness (QED) is 0.131. The lowest BCUT2D eigenvalue weighted by atomic mass is 9.63. The summed E-state index contributed by atoms with van der Waals surface area (Å²) in [6.45, 7) is 7.02. The summed E-state index contributed by atoms with van der Waals surface area (Å²) in [6.07, 6.45) is 7.63. The molecule has 6 aromatic rings. The van der Waals surface area contributed by atoms with Gasteiger partial charge in [-0.05, 0) is 147 Å². The maximum absolute atomic E-state index is 13.6. The van der Waals surface area contributed by atoms with Crippen LogP contribution in [-0.2, 0) is 20.4 Å². The van der Waals surface area contributed by atoms with Crippen molar-refractivity contribution in [3.8, 4) is 11.5 Å². The number of aromatic hydroxyl groups is 1. The van der Waals surface area contributed by atoms with Crippen molar-refractivity contribution in [3.05, 3.63) is 129 Å². The van der Waals surface area contributed by atoms with Gasteiger partial charge in [0.15, 0.2) is 0 Å². The van der Waals surface area contributed by atoms with E-state index in [0.29, 0.717) is 23.1 Å². The Kier molecular flexibility index (Phi) is 11.9. The molecule has 2 aliphatic heterocycles. The number of aryl methyl sites for hydroxylation is 2. The van der Waals surface area contributed by atoms with Crippen LogP contribution >= 0.6 is 23.2 Å². The topological polar surface area (TPSA) is 120 Å².